The summed E-state index contributed by atoms with van der Waals surface area (Å²) in [6, 6.07) is 31.0. The summed E-state index contributed by atoms with van der Waals surface area (Å²) >= 11 is 0. The van der Waals surface area contributed by atoms with Gasteiger partial charge in [-0.25, -0.2) is 0 Å². The highest BCUT2D eigenvalue weighted by Gasteiger charge is 2.36. The maximum atomic E-state index is 5.74. The molecule has 0 saturated heterocycles. The van der Waals surface area contributed by atoms with Crippen LogP contribution in [0.4, 0.5) is 0 Å². The largest absolute Gasteiger partial charge is 0.405 e. The highest BCUT2D eigenvalue weighted by Crippen LogP contribution is 2.51. The van der Waals surface area contributed by atoms with Crippen molar-refractivity contribution < 1.29 is 0 Å². The van der Waals surface area contributed by atoms with E-state index in [2.05, 4.69) is 110 Å². The molecule has 0 atom stereocenters. The van der Waals surface area contributed by atoms with Gasteiger partial charge in [0.1, 0.15) is 0 Å². The van der Waals surface area contributed by atoms with Gasteiger partial charge in [-0.3, -0.25) is 0 Å². The van der Waals surface area contributed by atoms with Gasteiger partial charge in [-0.15, -0.1) is 0 Å². The van der Waals surface area contributed by atoms with Crippen LogP contribution in [0.15, 0.2) is 116 Å². The Bertz CT molecular complexity index is 1680. The fourth-order valence-electron chi connectivity index (χ4n) is 5.73. The summed E-state index contributed by atoms with van der Waals surface area (Å²) < 4.78 is 2.40. The Morgan fingerprint density at radius 3 is 2.31 bits per heavy atom. The average molecular weight is 453 g/mol. The summed E-state index contributed by atoms with van der Waals surface area (Å²) in [6.45, 7) is 8.54. The second-order valence-corrected chi connectivity index (χ2v) is 9.71. The van der Waals surface area contributed by atoms with E-state index in [-0.39, 0.29) is 5.41 Å². The van der Waals surface area contributed by atoms with Crippen LogP contribution < -0.4 is 5.73 Å². The molecule has 1 aliphatic rings. The number of rotatable bonds is 4. The quantitative estimate of drug-likeness (QED) is 0.274. The van der Waals surface area contributed by atoms with E-state index in [1.807, 2.05) is 18.2 Å². The molecule has 2 heteroatoms. The summed E-state index contributed by atoms with van der Waals surface area (Å²) in [4.78, 5) is 0. The van der Waals surface area contributed by atoms with Crippen molar-refractivity contribution in [2.45, 2.75) is 19.3 Å². The highest BCUT2D eigenvalue weighted by molar-refractivity contribution is 6.11. The number of para-hydroxylation sites is 2. The number of fused-ring (bicyclic) bond motifs is 6. The van der Waals surface area contributed by atoms with Crippen LogP contribution in [0.1, 0.15) is 30.5 Å². The average Bonchev–Trinajstić information content (AvgIpc) is 3.32. The molecule has 4 aromatic carbocycles. The van der Waals surface area contributed by atoms with Gasteiger partial charge in [0.2, 0.25) is 0 Å². The monoisotopic (exact) mass is 452 g/mol. The molecule has 1 aliphatic carbocycles. The number of allylic oxidation sites excluding steroid dienone is 4. The molecule has 0 saturated carbocycles. The molecule has 0 radical (unpaired) electrons. The van der Waals surface area contributed by atoms with Gasteiger partial charge in [0, 0.05) is 21.9 Å². The molecular formula is C33H28N2. The van der Waals surface area contributed by atoms with Crippen LogP contribution in [0, 0.1) is 0 Å². The topological polar surface area (TPSA) is 30.9 Å². The third kappa shape index (κ3) is 3.10. The van der Waals surface area contributed by atoms with E-state index in [4.69, 9.17) is 5.73 Å². The van der Waals surface area contributed by atoms with Crippen LogP contribution in [0.3, 0.4) is 0 Å². The zero-order valence-electron chi connectivity index (χ0n) is 20.1. The molecular weight excluding hydrogens is 424 g/mol. The molecule has 2 N–H and O–H groups in total. The summed E-state index contributed by atoms with van der Waals surface area (Å²) in [7, 11) is 0. The molecule has 5 aromatic rings. The lowest BCUT2D eigenvalue weighted by atomic mass is 9.82. The normalized spacial score (nSPS) is 14.5. The molecule has 0 amide bonds. The Kier molecular flexibility index (Phi) is 4.79. The summed E-state index contributed by atoms with van der Waals surface area (Å²) in [5.41, 5.74) is 16.8. The van der Waals surface area contributed by atoms with Gasteiger partial charge in [0.25, 0.3) is 0 Å². The van der Waals surface area contributed by atoms with E-state index in [1.54, 1.807) is 6.20 Å². The molecule has 1 heterocycles. The van der Waals surface area contributed by atoms with Crippen molar-refractivity contribution in [3.8, 4) is 16.8 Å². The maximum absolute atomic E-state index is 5.74. The first-order valence-electron chi connectivity index (χ1n) is 12.0. The molecule has 170 valence electrons. The fourth-order valence-corrected chi connectivity index (χ4v) is 5.73. The Hall–Kier alpha value is -4.30. The second-order valence-electron chi connectivity index (χ2n) is 9.71. The predicted molar refractivity (Wildman–Crippen MR) is 150 cm³/mol. The van der Waals surface area contributed by atoms with Gasteiger partial charge < -0.3 is 10.3 Å². The van der Waals surface area contributed by atoms with Gasteiger partial charge >= 0.3 is 0 Å². The first-order valence-corrected chi connectivity index (χ1v) is 12.0. The van der Waals surface area contributed by atoms with Gasteiger partial charge in [0.15, 0.2) is 0 Å². The third-order valence-corrected chi connectivity index (χ3v) is 7.39. The molecule has 0 fully saturated rings. The molecule has 6 rings (SSSR count). The van der Waals surface area contributed by atoms with Crippen LogP contribution >= 0.6 is 0 Å². The lowest BCUT2D eigenvalue weighted by Crippen LogP contribution is -2.15. The molecule has 2 nitrogen and oxygen atoms in total. The fraction of sp³-hybridized carbons (Fsp3) is 0.0909. The third-order valence-electron chi connectivity index (χ3n) is 7.39. The maximum Gasteiger partial charge on any atom is 0.0544 e. The zero-order valence-corrected chi connectivity index (χ0v) is 20.1. The Morgan fingerprint density at radius 2 is 1.54 bits per heavy atom. The van der Waals surface area contributed by atoms with Crippen molar-refractivity contribution in [1.29, 1.82) is 0 Å². The lowest BCUT2D eigenvalue weighted by molar-refractivity contribution is 0.661. The molecule has 35 heavy (non-hydrogen) atoms. The van der Waals surface area contributed by atoms with Gasteiger partial charge in [-0.05, 0) is 82.1 Å². The van der Waals surface area contributed by atoms with Crippen molar-refractivity contribution in [3.05, 3.63) is 133 Å². The summed E-state index contributed by atoms with van der Waals surface area (Å²) in [5, 5.41) is 2.55. The minimum Gasteiger partial charge on any atom is -0.405 e. The standard InChI is InChI=1S/C33H28N2/c1-4-10-22(17-18-34)23-15-16-29-26(19-23)27-20-28-25-13-8-9-14-31(25)35(24-11-6-5-7-12-24)32(28)21-30(27)33(29,2)3/h4-21H,1,34H2,2-3H3/b18-17-,22-10+. The van der Waals surface area contributed by atoms with E-state index in [0.29, 0.717) is 0 Å². The van der Waals surface area contributed by atoms with Crippen LogP contribution in [0.2, 0.25) is 0 Å². The van der Waals surface area contributed by atoms with E-state index in [9.17, 15) is 0 Å². The predicted octanol–water partition coefficient (Wildman–Crippen LogP) is 8.13. The lowest BCUT2D eigenvalue weighted by Gasteiger charge is -2.22. The SMILES string of the molecule is C=C/C=C(\C=C/N)c1ccc2c(c1)-c1cc3c4ccccc4n(-c4ccccc4)c3cc1C2(C)C. The van der Waals surface area contributed by atoms with Crippen LogP contribution in [0.25, 0.3) is 44.2 Å². The molecule has 0 spiro atoms. The Balaban J connectivity index is 1.67. The molecule has 0 bridgehead atoms. The first-order chi connectivity index (χ1) is 17.0. The minimum atomic E-state index is -0.0959. The van der Waals surface area contributed by atoms with Crippen molar-refractivity contribution in [2.24, 2.45) is 5.73 Å². The first kappa shape index (κ1) is 21.2. The van der Waals surface area contributed by atoms with Gasteiger partial charge in [-0.2, -0.15) is 0 Å². The minimum absolute atomic E-state index is 0.0959. The van der Waals surface area contributed by atoms with Crippen molar-refractivity contribution in [3.63, 3.8) is 0 Å². The van der Waals surface area contributed by atoms with Crippen molar-refractivity contribution in [2.75, 3.05) is 0 Å². The Labute approximate surface area is 206 Å². The number of hydrogen-bond donors (Lipinski definition) is 1. The van der Waals surface area contributed by atoms with Crippen LogP contribution in [-0.4, -0.2) is 4.57 Å². The van der Waals surface area contributed by atoms with E-state index in [1.165, 1.54) is 49.7 Å². The van der Waals surface area contributed by atoms with Crippen LogP contribution in [-0.2, 0) is 5.41 Å². The van der Waals surface area contributed by atoms with E-state index in [0.717, 1.165) is 11.1 Å². The number of nitrogens with two attached hydrogens (primary N) is 1. The number of benzene rings is 4. The highest BCUT2D eigenvalue weighted by atomic mass is 15.0. The van der Waals surface area contributed by atoms with E-state index < -0.39 is 0 Å². The van der Waals surface area contributed by atoms with Gasteiger partial charge in [0.05, 0.1) is 11.0 Å². The number of nitrogens with zero attached hydrogens (tertiary/aromatic N) is 1. The number of hydrogen-bond acceptors (Lipinski definition) is 1. The van der Waals surface area contributed by atoms with E-state index >= 15 is 0 Å². The summed E-state index contributed by atoms with van der Waals surface area (Å²) in [6.07, 6.45) is 7.33. The molecule has 0 aliphatic heterocycles. The number of aromatic nitrogens is 1. The Morgan fingerprint density at radius 1 is 0.800 bits per heavy atom. The van der Waals surface area contributed by atoms with Crippen molar-refractivity contribution >= 4 is 27.4 Å². The second kappa shape index (κ2) is 7.89. The molecule has 0 unspecified atom stereocenters. The zero-order chi connectivity index (χ0) is 24.2. The van der Waals surface area contributed by atoms with Gasteiger partial charge in [-0.1, -0.05) is 81.1 Å². The summed E-state index contributed by atoms with van der Waals surface area (Å²) in [5.74, 6) is 0. The van der Waals surface area contributed by atoms with Crippen LogP contribution in [0.5, 0.6) is 0 Å². The molecule has 1 aromatic heterocycles. The smallest absolute Gasteiger partial charge is 0.0544 e. The van der Waals surface area contributed by atoms with Crippen molar-refractivity contribution in [1.82, 2.24) is 4.57 Å².